The van der Waals surface area contributed by atoms with Gasteiger partial charge in [0.25, 0.3) is 0 Å². The standard InChI is InChI=1S/C17H11NO3/c1-11-4-6-12(7-5-11)16-14(10-18)17(19)21-15(16)9-13-3-2-8-20-13/h2-9H,1H3/b15-9+. The number of furan rings is 1. The molecular formula is C17H11NO3. The Bertz CT molecular complexity index is 788. The van der Waals surface area contributed by atoms with Crippen LogP contribution in [0.5, 0.6) is 0 Å². The Kier molecular flexibility index (Phi) is 3.17. The van der Waals surface area contributed by atoms with Crippen LogP contribution in [-0.2, 0) is 9.53 Å². The molecule has 0 radical (unpaired) electrons. The largest absolute Gasteiger partial charge is 0.465 e. The summed E-state index contributed by atoms with van der Waals surface area (Å²) in [6.07, 6.45) is 3.14. The number of nitrogens with zero attached hydrogens (tertiary/aromatic N) is 1. The van der Waals surface area contributed by atoms with Crippen molar-refractivity contribution in [1.82, 2.24) is 0 Å². The number of cyclic esters (lactones) is 1. The second kappa shape index (κ2) is 5.14. The number of hydrogen-bond donors (Lipinski definition) is 0. The molecule has 0 spiro atoms. The van der Waals surface area contributed by atoms with Gasteiger partial charge in [0, 0.05) is 11.6 Å². The smallest absolute Gasteiger partial charge is 0.355 e. The molecule has 1 aliphatic heterocycles. The van der Waals surface area contributed by atoms with E-state index in [-0.39, 0.29) is 5.57 Å². The fourth-order valence-corrected chi connectivity index (χ4v) is 2.14. The van der Waals surface area contributed by atoms with Gasteiger partial charge in [-0.2, -0.15) is 5.26 Å². The van der Waals surface area contributed by atoms with E-state index in [4.69, 9.17) is 9.15 Å². The molecule has 102 valence electrons. The zero-order valence-corrected chi connectivity index (χ0v) is 11.3. The first-order valence-electron chi connectivity index (χ1n) is 6.38. The number of hydrogen-bond acceptors (Lipinski definition) is 4. The van der Waals surface area contributed by atoms with Gasteiger partial charge < -0.3 is 9.15 Å². The molecule has 0 N–H and O–H groups in total. The average molecular weight is 277 g/mol. The number of aryl methyl sites for hydroxylation is 1. The molecule has 3 rings (SSSR count). The summed E-state index contributed by atoms with van der Waals surface area (Å²) in [7, 11) is 0. The lowest BCUT2D eigenvalue weighted by molar-refractivity contribution is -0.132. The zero-order chi connectivity index (χ0) is 14.8. The van der Waals surface area contributed by atoms with E-state index in [1.165, 1.54) is 6.26 Å². The highest BCUT2D eigenvalue weighted by Gasteiger charge is 2.31. The number of allylic oxidation sites excluding steroid dienone is 1. The van der Waals surface area contributed by atoms with Crippen LogP contribution in [0, 0.1) is 18.3 Å². The summed E-state index contributed by atoms with van der Waals surface area (Å²) < 4.78 is 10.4. The lowest BCUT2D eigenvalue weighted by Crippen LogP contribution is -1.96. The zero-order valence-electron chi connectivity index (χ0n) is 11.3. The predicted octanol–water partition coefficient (Wildman–Crippen LogP) is 3.46. The molecule has 2 aromatic rings. The first kappa shape index (κ1) is 12.9. The molecule has 4 nitrogen and oxygen atoms in total. The first-order chi connectivity index (χ1) is 10.2. The summed E-state index contributed by atoms with van der Waals surface area (Å²) >= 11 is 0. The Hall–Kier alpha value is -3.06. The minimum atomic E-state index is -0.633. The topological polar surface area (TPSA) is 63.2 Å². The molecule has 0 aliphatic carbocycles. The summed E-state index contributed by atoms with van der Waals surface area (Å²) in [6.45, 7) is 1.97. The number of carbonyl (C=O) groups is 1. The molecule has 0 bridgehead atoms. The molecule has 0 atom stereocenters. The summed E-state index contributed by atoms with van der Waals surface area (Å²) in [5, 5.41) is 9.21. The monoisotopic (exact) mass is 277 g/mol. The van der Waals surface area contributed by atoms with Crippen molar-refractivity contribution >= 4 is 17.6 Å². The van der Waals surface area contributed by atoms with Crippen molar-refractivity contribution in [2.24, 2.45) is 0 Å². The van der Waals surface area contributed by atoms with Crippen LogP contribution in [0.2, 0.25) is 0 Å². The Morgan fingerprint density at radius 3 is 2.57 bits per heavy atom. The average Bonchev–Trinajstić information content (AvgIpc) is 3.08. The number of benzene rings is 1. The maximum atomic E-state index is 11.8. The highest BCUT2D eigenvalue weighted by atomic mass is 16.5. The molecule has 0 fully saturated rings. The number of rotatable bonds is 2. The van der Waals surface area contributed by atoms with Gasteiger partial charge in [-0.3, -0.25) is 0 Å². The van der Waals surface area contributed by atoms with Crippen molar-refractivity contribution in [3.63, 3.8) is 0 Å². The summed E-state index contributed by atoms with van der Waals surface area (Å²) in [5.74, 6) is 0.253. The van der Waals surface area contributed by atoms with Crippen molar-refractivity contribution in [3.8, 4) is 6.07 Å². The number of carbonyl (C=O) groups excluding carboxylic acids is 1. The van der Waals surface area contributed by atoms with Crippen LogP contribution < -0.4 is 0 Å². The van der Waals surface area contributed by atoms with Crippen LogP contribution in [0.4, 0.5) is 0 Å². The molecule has 0 unspecified atom stereocenters. The molecule has 21 heavy (non-hydrogen) atoms. The third kappa shape index (κ3) is 2.37. The third-order valence-electron chi connectivity index (χ3n) is 3.17. The highest BCUT2D eigenvalue weighted by Crippen LogP contribution is 2.35. The maximum Gasteiger partial charge on any atom is 0.355 e. The second-order valence-electron chi connectivity index (χ2n) is 4.64. The number of ether oxygens (including phenoxy) is 1. The first-order valence-corrected chi connectivity index (χ1v) is 6.38. The minimum absolute atomic E-state index is 0.0108. The molecule has 0 saturated carbocycles. The van der Waals surface area contributed by atoms with Crippen LogP contribution in [0.3, 0.4) is 0 Å². The van der Waals surface area contributed by atoms with Crippen molar-refractivity contribution in [1.29, 1.82) is 5.26 Å². The van der Waals surface area contributed by atoms with Crippen LogP contribution in [0.1, 0.15) is 16.9 Å². The second-order valence-corrected chi connectivity index (χ2v) is 4.64. The van der Waals surface area contributed by atoms with Gasteiger partial charge in [0.05, 0.1) is 6.26 Å². The van der Waals surface area contributed by atoms with Gasteiger partial charge in [-0.15, -0.1) is 0 Å². The molecule has 0 amide bonds. The van der Waals surface area contributed by atoms with Crippen molar-refractivity contribution in [3.05, 3.63) is 70.9 Å². The number of esters is 1. The Morgan fingerprint density at radius 1 is 1.19 bits per heavy atom. The van der Waals surface area contributed by atoms with Crippen molar-refractivity contribution < 1.29 is 13.9 Å². The molecule has 1 aromatic heterocycles. The van der Waals surface area contributed by atoms with E-state index < -0.39 is 5.97 Å². The lowest BCUT2D eigenvalue weighted by atomic mass is 9.99. The molecule has 4 heteroatoms. The van der Waals surface area contributed by atoms with Gasteiger partial charge in [-0.25, -0.2) is 4.79 Å². The molecule has 0 saturated heterocycles. The third-order valence-corrected chi connectivity index (χ3v) is 3.17. The quantitative estimate of drug-likeness (QED) is 0.788. The summed E-state index contributed by atoms with van der Waals surface area (Å²) in [4.78, 5) is 11.8. The lowest BCUT2D eigenvalue weighted by Gasteiger charge is -2.04. The van der Waals surface area contributed by atoms with Crippen LogP contribution >= 0.6 is 0 Å². The summed E-state index contributed by atoms with van der Waals surface area (Å²) in [5.41, 5.74) is 2.37. The van der Waals surface area contributed by atoms with E-state index in [0.717, 1.165) is 11.1 Å². The maximum absolute atomic E-state index is 11.8. The van der Waals surface area contributed by atoms with E-state index in [0.29, 0.717) is 17.1 Å². The van der Waals surface area contributed by atoms with Gasteiger partial charge in [0.15, 0.2) is 0 Å². The van der Waals surface area contributed by atoms with Gasteiger partial charge in [-0.05, 0) is 24.6 Å². The van der Waals surface area contributed by atoms with E-state index in [1.807, 2.05) is 37.3 Å². The fourth-order valence-electron chi connectivity index (χ4n) is 2.14. The Balaban J connectivity index is 2.15. The van der Waals surface area contributed by atoms with Crippen molar-refractivity contribution in [2.45, 2.75) is 6.92 Å². The molecule has 1 aliphatic rings. The van der Waals surface area contributed by atoms with Crippen LogP contribution in [0.25, 0.3) is 11.6 Å². The van der Waals surface area contributed by atoms with Crippen LogP contribution in [-0.4, -0.2) is 5.97 Å². The van der Waals surface area contributed by atoms with Gasteiger partial charge in [0.2, 0.25) is 0 Å². The Labute approximate surface area is 121 Å². The summed E-state index contributed by atoms with van der Waals surface area (Å²) in [6, 6.07) is 13.0. The Morgan fingerprint density at radius 2 is 1.95 bits per heavy atom. The van der Waals surface area contributed by atoms with E-state index >= 15 is 0 Å². The SMILES string of the molecule is Cc1ccc(C2=C(C#N)C(=O)O/C2=C/c2ccco2)cc1. The van der Waals surface area contributed by atoms with E-state index in [9.17, 15) is 10.1 Å². The predicted molar refractivity (Wildman–Crippen MR) is 76.5 cm³/mol. The van der Waals surface area contributed by atoms with Gasteiger partial charge >= 0.3 is 5.97 Å². The number of nitriles is 1. The van der Waals surface area contributed by atoms with Crippen molar-refractivity contribution in [2.75, 3.05) is 0 Å². The van der Waals surface area contributed by atoms with E-state index in [1.54, 1.807) is 18.2 Å². The highest BCUT2D eigenvalue weighted by molar-refractivity contribution is 6.11. The van der Waals surface area contributed by atoms with Crippen LogP contribution in [0.15, 0.2) is 58.4 Å². The molecule has 2 heterocycles. The fraction of sp³-hybridized carbons (Fsp3) is 0.0588. The van der Waals surface area contributed by atoms with Gasteiger partial charge in [0.1, 0.15) is 23.2 Å². The molecular weight excluding hydrogens is 266 g/mol. The molecule has 1 aromatic carbocycles. The normalized spacial score (nSPS) is 16.2. The minimum Gasteiger partial charge on any atom is -0.465 e. The van der Waals surface area contributed by atoms with Gasteiger partial charge in [-0.1, -0.05) is 29.8 Å². The van der Waals surface area contributed by atoms with E-state index in [2.05, 4.69) is 0 Å².